The Kier molecular flexibility index (Phi) is 56.7. The van der Waals surface area contributed by atoms with Crippen molar-refractivity contribution in [1.29, 1.82) is 10.8 Å². The Balaban J connectivity index is 2.65. The number of aliphatic hydroxyl groups excluding tert-OH is 1. The molecule has 0 fully saturated rings. The number of hydrogen-bond donors (Lipinski definition) is 32. The third-order valence-corrected chi connectivity index (χ3v) is 22.4. The predicted molar refractivity (Wildman–Crippen MR) is 526 cm³/mol. The lowest BCUT2D eigenvalue weighted by molar-refractivity contribution is -0.140. The molecule has 0 radical (unpaired) electrons. The Bertz CT molecular complexity index is 4560. The zero-order valence-corrected chi connectivity index (χ0v) is 83.5. The molecule has 802 valence electrons. The second kappa shape index (κ2) is 64.7. The first-order valence-electron chi connectivity index (χ1n) is 47.9. The maximum Gasteiger partial charge on any atom is 0.305 e. The lowest BCUT2D eigenvalue weighted by Gasteiger charge is -2.32. The summed E-state index contributed by atoms with van der Waals surface area (Å²) in [5.41, 5.74) is 50.0. The van der Waals surface area contributed by atoms with Gasteiger partial charge in [0.25, 0.3) is 0 Å². The SMILES string of the molecule is CC(C)C[C@H](NC(=O)[C@H](Cc1ccc(O)cc1)NC(=O)[C@H](CCCCN)NC(=O)[C@H](CCCCN)NC(=O)[C@@H](NC(=O)C(C)(C)NC(=O)[C@H](CC(C)C)NC(=O)[C@H](CCC(N)=O)NC(=O)[C@H](CCCCN)NC(=O)[C@H](CCCNC(=N)N)NC(=O)[C@H](CC(C)C)NC(=O)[C@H](CCCNC(=N)N)NC(=O)[C@@H](NC(=O)[C@H](Cc1ccc(O)cc1)NC(=O)[C@H](CC(N)=O)NC(=O)[C@@H](N)CC(=O)O)[C@@H](C)O)C(C)C)C(N)=O. The number of aromatic hydroxyl groups is 2. The van der Waals surface area contributed by atoms with Crippen LogP contribution < -0.4 is 142 Å². The molecule has 0 unspecified atom stereocenters. The Morgan fingerprint density at radius 3 is 0.979 bits per heavy atom. The van der Waals surface area contributed by atoms with Crippen molar-refractivity contribution in [1.82, 2.24) is 90.4 Å². The van der Waals surface area contributed by atoms with E-state index in [-0.39, 0.29) is 152 Å². The number of carbonyl (C=O) groups excluding carboxylic acids is 18. The van der Waals surface area contributed by atoms with Crippen LogP contribution >= 0.6 is 0 Å². The smallest absolute Gasteiger partial charge is 0.305 e. The number of benzene rings is 2. The molecule has 0 aliphatic rings. The van der Waals surface area contributed by atoms with Gasteiger partial charge in [-0.1, -0.05) is 79.7 Å². The van der Waals surface area contributed by atoms with Gasteiger partial charge in [-0.15, -0.1) is 0 Å². The van der Waals surface area contributed by atoms with Crippen LogP contribution in [0.1, 0.15) is 216 Å². The highest BCUT2D eigenvalue weighted by Crippen LogP contribution is 2.20. The van der Waals surface area contributed by atoms with E-state index in [0.717, 1.165) is 6.92 Å². The van der Waals surface area contributed by atoms with Crippen molar-refractivity contribution >= 4 is 124 Å². The fourth-order valence-electron chi connectivity index (χ4n) is 14.6. The van der Waals surface area contributed by atoms with Crippen molar-refractivity contribution in [3.8, 4) is 11.5 Å². The van der Waals surface area contributed by atoms with Crippen LogP contribution in [0.25, 0.3) is 0 Å². The Morgan fingerprint density at radius 1 is 0.343 bits per heavy atom. The maximum atomic E-state index is 15.0. The molecule has 2 aromatic carbocycles. The summed E-state index contributed by atoms with van der Waals surface area (Å²) in [4.78, 5) is 266. The topological polar surface area (TPSA) is 892 Å². The van der Waals surface area contributed by atoms with Crippen LogP contribution in [0.3, 0.4) is 0 Å². The average molecular weight is 2020 g/mol. The van der Waals surface area contributed by atoms with E-state index in [1.54, 1.807) is 41.5 Å². The van der Waals surface area contributed by atoms with Gasteiger partial charge in [-0.2, -0.15) is 0 Å². The molecule has 0 saturated carbocycles. The number of rotatable bonds is 70. The minimum atomic E-state index is -1.99. The normalized spacial score (nSPS) is 14.7. The number of amides is 18. The molecule has 0 aromatic heterocycles. The van der Waals surface area contributed by atoms with Crippen LogP contribution in [0.4, 0.5) is 0 Å². The number of carbonyl (C=O) groups is 19. The molecule has 51 heteroatoms. The van der Waals surface area contributed by atoms with E-state index in [1.807, 2.05) is 13.8 Å². The van der Waals surface area contributed by atoms with E-state index in [2.05, 4.69) is 90.4 Å². The van der Waals surface area contributed by atoms with Gasteiger partial charge in [0.15, 0.2) is 11.9 Å². The molecular weight excluding hydrogens is 1870 g/mol. The summed E-state index contributed by atoms with van der Waals surface area (Å²) >= 11 is 0. The molecular formula is C92H156N28O23. The molecule has 0 aliphatic heterocycles. The van der Waals surface area contributed by atoms with E-state index in [4.69, 9.17) is 62.4 Å². The summed E-state index contributed by atoms with van der Waals surface area (Å²) in [7, 11) is 0. The van der Waals surface area contributed by atoms with E-state index in [0.29, 0.717) is 24.8 Å². The molecule has 16 atom stereocenters. The molecule has 0 heterocycles. The number of unbranched alkanes of at least 4 members (excludes halogenated alkanes) is 3. The largest absolute Gasteiger partial charge is 0.508 e. The molecule has 143 heavy (non-hydrogen) atoms. The zero-order valence-electron chi connectivity index (χ0n) is 83.5. The van der Waals surface area contributed by atoms with Crippen molar-refractivity contribution in [2.75, 3.05) is 32.7 Å². The third-order valence-electron chi connectivity index (χ3n) is 22.4. The van der Waals surface area contributed by atoms with E-state index < -0.39 is 270 Å². The monoisotopic (exact) mass is 2020 g/mol. The summed E-state index contributed by atoms with van der Waals surface area (Å²) < 4.78 is 0. The van der Waals surface area contributed by atoms with Crippen LogP contribution in [0.5, 0.6) is 11.5 Å². The van der Waals surface area contributed by atoms with E-state index in [1.165, 1.54) is 62.4 Å². The number of phenolic OH excluding ortho intramolecular Hbond substituents is 2. The number of nitrogens with two attached hydrogens (primary N) is 9. The van der Waals surface area contributed by atoms with Gasteiger partial charge < -0.3 is 162 Å². The molecule has 41 N–H and O–H groups in total. The molecule has 0 saturated heterocycles. The summed E-state index contributed by atoms with van der Waals surface area (Å²) in [5, 5.41) is 99.6. The number of aliphatic carboxylic acids is 1. The second-order valence-corrected chi connectivity index (χ2v) is 37.5. The fraction of sp³-hybridized carbons (Fsp3) is 0.641. The lowest BCUT2D eigenvalue weighted by atomic mass is 9.97. The number of carboxylic acid groups (broad SMARTS) is 1. The first-order chi connectivity index (χ1) is 67.0. The van der Waals surface area contributed by atoms with Crippen molar-refractivity contribution in [2.45, 2.75) is 320 Å². The lowest BCUT2D eigenvalue weighted by Crippen LogP contribution is -2.64. The summed E-state index contributed by atoms with van der Waals surface area (Å²) in [5.74, 6) is -22.5. The van der Waals surface area contributed by atoms with Crippen molar-refractivity contribution in [2.24, 2.45) is 75.3 Å². The Morgan fingerprint density at radius 2 is 0.643 bits per heavy atom. The van der Waals surface area contributed by atoms with Gasteiger partial charge >= 0.3 is 5.97 Å². The van der Waals surface area contributed by atoms with Gasteiger partial charge in [-0.25, -0.2) is 0 Å². The van der Waals surface area contributed by atoms with Crippen LogP contribution in [0.2, 0.25) is 0 Å². The number of carboxylic acids is 1. The number of nitrogens with one attached hydrogen (secondary N) is 19. The molecule has 0 aliphatic carbocycles. The molecule has 2 aromatic rings. The molecule has 0 bridgehead atoms. The highest BCUT2D eigenvalue weighted by Gasteiger charge is 2.42. The van der Waals surface area contributed by atoms with Crippen LogP contribution in [-0.2, 0) is 104 Å². The number of hydrogen-bond acceptors (Lipinski definition) is 28. The van der Waals surface area contributed by atoms with E-state index >= 15 is 0 Å². The quantitative estimate of drug-likeness (QED) is 0.0166. The van der Waals surface area contributed by atoms with Crippen molar-refractivity contribution in [3.63, 3.8) is 0 Å². The molecule has 2 rings (SSSR count). The molecule has 51 nitrogen and oxygen atoms in total. The minimum absolute atomic E-state index is 0.00416. The van der Waals surface area contributed by atoms with Crippen LogP contribution in [0.15, 0.2) is 48.5 Å². The second-order valence-electron chi connectivity index (χ2n) is 37.5. The van der Waals surface area contributed by atoms with Crippen molar-refractivity contribution in [3.05, 3.63) is 59.7 Å². The summed E-state index contributed by atoms with van der Waals surface area (Å²) in [6, 6.07) is -12.7. The van der Waals surface area contributed by atoms with Gasteiger partial charge in [0.1, 0.15) is 102 Å². The number of primary amides is 3. The first-order valence-corrected chi connectivity index (χ1v) is 47.9. The predicted octanol–water partition coefficient (Wildman–Crippen LogP) is -6.92. The standard InChI is InChI=1S/C92H156N28O23/c1-47(2)40-63(74(99)128)112-83(137)66(43-52-25-29-54(122)30-26-52)116-79(133)58(21-13-16-36-94)107-77(131)59(22-14-17-37-95)110-87(141)72(50(7)8)119-89(143)92(10,11)120-86(140)65(42-49(5)6)115-81(135)62(33-34-69(97)124)109-76(130)57(20-12-15-35-93)106-78(132)60(23-18-38-104-90(100)101)108-82(136)64(41-48(3)4)114-80(134)61(24-19-39-105-91(102)103)111-88(142)73(51(9)121)118-85(139)67(44-53-27-31-55(123)32-28-53)117-84(138)68(46-70(98)125)113-75(129)56(96)45-71(126)127/h25-32,47-51,56-68,72-73,121-123H,12-24,33-46,93-96H2,1-11H3,(H2,97,124)(H2,98,125)(H2,99,128)(H,106,132)(H,107,131)(H,108,136)(H,109,130)(H,110,141)(H,111,142)(H,112,137)(H,113,129)(H,114,134)(H,115,135)(H,116,133)(H,117,138)(H,118,139)(H,119,143)(H,120,140)(H,126,127)(H4,100,101,104)(H4,102,103,105)/t51-,56+,57+,58+,59+,60+,61+,62+,63+,64+,65+,66+,67+,68+,72+,73+/m1/s1. The maximum absolute atomic E-state index is 15.0. The highest BCUT2D eigenvalue weighted by atomic mass is 16.4. The Labute approximate surface area is 832 Å². The fourth-order valence-corrected chi connectivity index (χ4v) is 14.6. The number of guanidine groups is 2. The number of phenols is 2. The van der Waals surface area contributed by atoms with Gasteiger partial charge in [-0.05, 0) is 209 Å². The van der Waals surface area contributed by atoms with Gasteiger partial charge in [0, 0.05) is 32.4 Å². The van der Waals surface area contributed by atoms with Crippen molar-refractivity contribution < 1.29 is 112 Å². The Hall–Kier alpha value is -13.7. The molecule has 0 spiro atoms. The first kappa shape index (κ1) is 125. The molecule has 18 amide bonds. The van der Waals surface area contributed by atoms with E-state index in [9.17, 15) is 112 Å². The summed E-state index contributed by atoms with van der Waals surface area (Å²) in [6.45, 7) is 17.6. The number of aliphatic hydroxyl groups is 1. The average Bonchev–Trinajstić information content (AvgIpc) is 0.829. The summed E-state index contributed by atoms with van der Waals surface area (Å²) in [6.07, 6.45) is -4.45. The third kappa shape index (κ3) is 49.5. The van der Waals surface area contributed by atoms with Crippen LogP contribution in [-0.4, -0.2) is 280 Å². The van der Waals surface area contributed by atoms with Gasteiger partial charge in [0.05, 0.1) is 25.0 Å². The zero-order chi connectivity index (χ0) is 108. The minimum Gasteiger partial charge on any atom is -0.508 e. The van der Waals surface area contributed by atoms with Gasteiger partial charge in [0.2, 0.25) is 106 Å². The van der Waals surface area contributed by atoms with Crippen LogP contribution in [0, 0.1) is 34.5 Å². The van der Waals surface area contributed by atoms with Gasteiger partial charge in [-0.3, -0.25) is 102 Å². The highest BCUT2D eigenvalue weighted by molar-refractivity contribution is 6.02.